The smallest absolute Gasteiger partial charge is 0.163 e. The summed E-state index contributed by atoms with van der Waals surface area (Å²) in [6.07, 6.45) is 1.17. The molecule has 0 atom stereocenters. The molecule has 0 saturated carbocycles. The van der Waals surface area contributed by atoms with Crippen molar-refractivity contribution in [3.63, 3.8) is 0 Å². The van der Waals surface area contributed by atoms with Crippen molar-refractivity contribution < 1.29 is 14.6 Å². The summed E-state index contributed by atoms with van der Waals surface area (Å²) in [5.74, 6) is 0.902. The van der Waals surface area contributed by atoms with Crippen molar-refractivity contribution in [1.82, 2.24) is 0 Å². The number of Topliss-reactive ketones (excluding diaryl/α,β-unsaturated/α-hetero) is 1. The molecule has 0 amide bonds. The number of aliphatic hydroxyl groups excluding tert-OH is 1. The molecule has 3 heteroatoms. The van der Waals surface area contributed by atoms with Gasteiger partial charge in [-0.05, 0) is 24.1 Å². The molecule has 0 unspecified atom stereocenters. The highest BCUT2D eigenvalue weighted by molar-refractivity contribution is 5.95. The van der Waals surface area contributed by atoms with Crippen LogP contribution in [0.5, 0.6) is 5.75 Å². The number of ether oxygens (including phenoxy) is 1. The maximum atomic E-state index is 11.9. The van der Waals surface area contributed by atoms with Gasteiger partial charge >= 0.3 is 0 Å². The molecule has 0 radical (unpaired) electrons. The van der Waals surface area contributed by atoms with Gasteiger partial charge in [0.15, 0.2) is 5.78 Å². The molecule has 0 bridgehead atoms. The Kier molecular flexibility index (Phi) is 5.33. The summed E-state index contributed by atoms with van der Waals surface area (Å²) >= 11 is 0. The van der Waals surface area contributed by atoms with Crippen LogP contribution in [0, 0.1) is 0 Å². The minimum atomic E-state index is 0.0336. The standard InChI is InChI=1S/C17H18O3/c18-13-14-8-10-16(11-9-14)20-12-4-7-17(19)15-5-2-1-3-6-15/h1-3,5-6,8-11,18H,4,7,12-13H2. The van der Waals surface area contributed by atoms with Crippen LogP contribution in [0.2, 0.25) is 0 Å². The van der Waals surface area contributed by atoms with Crippen LogP contribution in [0.15, 0.2) is 54.6 Å². The highest BCUT2D eigenvalue weighted by Gasteiger charge is 2.04. The minimum absolute atomic E-state index is 0.0336. The molecular weight excluding hydrogens is 252 g/mol. The van der Waals surface area contributed by atoms with Crippen molar-refractivity contribution in [2.24, 2.45) is 0 Å². The molecule has 0 saturated heterocycles. The Morgan fingerprint density at radius 1 is 1.00 bits per heavy atom. The fourth-order valence-corrected chi connectivity index (χ4v) is 1.88. The number of hydrogen-bond donors (Lipinski definition) is 1. The zero-order valence-corrected chi connectivity index (χ0v) is 11.3. The number of aliphatic hydroxyl groups is 1. The van der Waals surface area contributed by atoms with Gasteiger partial charge < -0.3 is 9.84 Å². The average Bonchev–Trinajstić information content (AvgIpc) is 2.53. The SMILES string of the molecule is O=C(CCCOc1ccc(CO)cc1)c1ccccc1. The molecule has 0 aliphatic heterocycles. The van der Waals surface area contributed by atoms with Crippen LogP contribution < -0.4 is 4.74 Å². The van der Waals surface area contributed by atoms with Crippen LogP contribution >= 0.6 is 0 Å². The lowest BCUT2D eigenvalue weighted by Gasteiger charge is -2.06. The molecule has 0 fully saturated rings. The second kappa shape index (κ2) is 7.46. The average molecular weight is 270 g/mol. The van der Waals surface area contributed by atoms with E-state index < -0.39 is 0 Å². The summed E-state index contributed by atoms with van der Waals surface area (Å²) in [5.41, 5.74) is 1.61. The lowest BCUT2D eigenvalue weighted by Crippen LogP contribution is -2.03. The number of carbonyl (C=O) groups excluding carboxylic acids is 1. The van der Waals surface area contributed by atoms with Gasteiger partial charge in [-0.15, -0.1) is 0 Å². The Morgan fingerprint density at radius 2 is 1.70 bits per heavy atom. The molecule has 1 N–H and O–H groups in total. The fourth-order valence-electron chi connectivity index (χ4n) is 1.88. The van der Waals surface area contributed by atoms with E-state index in [0.29, 0.717) is 19.4 Å². The number of benzene rings is 2. The third-order valence-corrected chi connectivity index (χ3v) is 3.02. The summed E-state index contributed by atoms with van der Waals surface area (Å²) in [7, 11) is 0. The highest BCUT2D eigenvalue weighted by Crippen LogP contribution is 2.13. The van der Waals surface area contributed by atoms with Gasteiger partial charge in [-0.1, -0.05) is 42.5 Å². The second-order valence-electron chi connectivity index (χ2n) is 4.54. The molecule has 0 heterocycles. The molecule has 2 rings (SSSR count). The second-order valence-corrected chi connectivity index (χ2v) is 4.54. The maximum Gasteiger partial charge on any atom is 0.163 e. The first kappa shape index (κ1) is 14.3. The van der Waals surface area contributed by atoms with E-state index in [1.54, 1.807) is 0 Å². The molecule has 0 aliphatic carbocycles. The van der Waals surface area contributed by atoms with Gasteiger partial charge in [0.1, 0.15) is 5.75 Å². The lowest BCUT2D eigenvalue weighted by molar-refractivity contribution is 0.0973. The lowest BCUT2D eigenvalue weighted by atomic mass is 10.1. The van der Waals surface area contributed by atoms with Crippen LogP contribution in [0.25, 0.3) is 0 Å². The topological polar surface area (TPSA) is 46.5 Å². The zero-order valence-electron chi connectivity index (χ0n) is 11.3. The summed E-state index contributed by atoms with van der Waals surface area (Å²) < 4.78 is 5.56. The van der Waals surface area contributed by atoms with Crippen molar-refractivity contribution in [1.29, 1.82) is 0 Å². The normalized spacial score (nSPS) is 10.2. The van der Waals surface area contributed by atoms with Gasteiger partial charge in [-0.3, -0.25) is 4.79 Å². The van der Waals surface area contributed by atoms with Crippen molar-refractivity contribution in [2.75, 3.05) is 6.61 Å². The highest BCUT2D eigenvalue weighted by atomic mass is 16.5. The van der Waals surface area contributed by atoms with Gasteiger partial charge in [0.05, 0.1) is 13.2 Å². The molecule has 0 aliphatic rings. The van der Waals surface area contributed by atoms with Crippen molar-refractivity contribution >= 4 is 5.78 Å². The van der Waals surface area contributed by atoms with Crippen molar-refractivity contribution in [3.8, 4) is 5.75 Å². The summed E-state index contributed by atoms with van der Waals surface area (Å²) in [6.45, 7) is 0.545. The summed E-state index contributed by atoms with van der Waals surface area (Å²) in [5, 5.41) is 8.93. The quantitative estimate of drug-likeness (QED) is 0.620. The van der Waals surface area contributed by atoms with E-state index >= 15 is 0 Å². The first-order valence-electron chi connectivity index (χ1n) is 6.70. The molecule has 0 spiro atoms. The van der Waals surface area contributed by atoms with E-state index in [2.05, 4.69) is 0 Å². The number of ketones is 1. The molecular formula is C17H18O3. The molecule has 0 aromatic heterocycles. The van der Waals surface area contributed by atoms with Crippen LogP contribution in [-0.2, 0) is 6.61 Å². The monoisotopic (exact) mass is 270 g/mol. The van der Waals surface area contributed by atoms with E-state index in [1.807, 2.05) is 54.6 Å². The Bertz CT molecular complexity index is 532. The van der Waals surface area contributed by atoms with E-state index in [-0.39, 0.29) is 12.4 Å². The number of hydrogen-bond acceptors (Lipinski definition) is 3. The Hall–Kier alpha value is -2.13. The first-order valence-corrected chi connectivity index (χ1v) is 6.70. The third-order valence-electron chi connectivity index (χ3n) is 3.02. The molecule has 104 valence electrons. The Labute approximate surface area is 118 Å². The van der Waals surface area contributed by atoms with Crippen LogP contribution in [0.4, 0.5) is 0 Å². The van der Waals surface area contributed by atoms with Gasteiger partial charge in [0, 0.05) is 12.0 Å². The number of rotatable bonds is 7. The van der Waals surface area contributed by atoms with Crippen molar-refractivity contribution in [3.05, 3.63) is 65.7 Å². The van der Waals surface area contributed by atoms with Gasteiger partial charge in [0.2, 0.25) is 0 Å². The van der Waals surface area contributed by atoms with Crippen LogP contribution in [-0.4, -0.2) is 17.5 Å². The predicted molar refractivity (Wildman–Crippen MR) is 77.9 cm³/mol. The van der Waals surface area contributed by atoms with Gasteiger partial charge in [-0.25, -0.2) is 0 Å². The zero-order chi connectivity index (χ0) is 14.2. The predicted octanol–water partition coefficient (Wildman–Crippen LogP) is 3.22. The third kappa shape index (κ3) is 4.21. The fraction of sp³-hybridized carbons (Fsp3) is 0.235. The van der Waals surface area contributed by atoms with Crippen LogP contribution in [0.3, 0.4) is 0 Å². The molecule has 2 aromatic carbocycles. The Morgan fingerprint density at radius 3 is 2.35 bits per heavy atom. The Balaban J connectivity index is 1.72. The summed E-state index contributed by atoms with van der Waals surface area (Å²) in [4.78, 5) is 11.9. The molecule has 3 nitrogen and oxygen atoms in total. The minimum Gasteiger partial charge on any atom is -0.494 e. The van der Waals surface area contributed by atoms with Crippen molar-refractivity contribution in [2.45, 2.75) is 19.4 Å². The first-order chi connectivity index (χ1) is 9.79. The molecule has 2 aromatic rings. The van der Waals surface area contributed by atoms with E-state index in [1.165, 1.54) is 0 Å². The largest absolute Gasteiger partial charge is 0.494 e. The summed E-state index contributed by atoms with van der Waals surface area (Å²) in [6, 6.07) is 16.6. The van der Waals surface area contributed by atoms with Gasteiger partial charge in [0.25, 0.3) is 0 Å². The van der Waals surface area contributed by atoms with E-state index in [9.17, 15) is 4.79 Å². The van der Waals surface area contributed by atoms with E-state index in [0.717, 1.165) is 16.9 Å². The maximum absolute atomic E-state index is 11.9. The van der Waals surface area contributed by atoms with E-state index in [4.69, 9.17) is 9.84 Å². The van der Waals surface area contributed by atoms with Crippen LogP contribution in [0.1, 0.15) is 28.8 Å². The van der Waals surface area contributed by atoms with Gasteiger partial charge in [-0.2, -0.15) is 0 Å². The number of carbonyl (C=O) groups is 1. The molecule has 20 heavy (non-hydrogen) atoms.